The fraction of sp³-hybridized carbons (Fsp3) is 0.300. The molecule has 0 spiro atoms. The van der Waals surface area contributed by atoms with Gasteiger partial charge in [0.25, 0.3) is 0 Å². The summed E-state index contributed by atoms with van der Waals surface area (Å²) in [7, 11) is 0. The molecule has 0 saturated carbocycles. The molecule has 0 fully saturated rings. The van der Waals surface area contributed by atoms with Gasteiger partial charge in [-0.05, 0) is 18.2 Å². The van der Waals surface area contributed by atoms with Gasteiger partial charge in [0.15, 0.2) is 6.29 Å². The van der Waals surface area contributed by atoms with E-state index in [-0.39, 0.29) is 6.61 Å². The topological polar surface area (TPSA) is 46.5 Å². The van der Waals surface area contributed by atoms with Crippen molar-refractivity contribution in [2.24, 2.45) is 0 Å². The van der Waals surface area contributed by atoms with E-state index in [9.17, 15) is 4.79 Å². The number of halogens is 1. The zero-order chi connectivity index (χ0) is 10.4. The van der Waals surface area contributed by atoms with E-state index >= 15 is 0 Å². The van der Waals surface area contributed by atoms with Crippen molar-refractivity contribution in [3.63, 3.8) is 0 Å². The summed E-state index contributed by atoms with van der Waals surface area (Å²) in [5, 5.41) is 9.07. The molecule has 14 heavy (non-hydrogen) atoms. The Kier molecular flexibility index (Phi) is 4.43. The largest absolute Gasteiger partial charge is 0.493 e. The second kappa shape index (κ2) is 5.62. The minimum atomic E-state index is 0.0665. The molecule has 0 aliphatic heterocycles. The van der Waals surface area contributed by atoms with E-state index in [1.165, 1.54) is 0 Å². The predicted molar refractivity (Wildman–Crippen MR) is 54.0 cm³/mol. The first kappa shape index (κ1) is 11.0. The number of hydrogen-bond acceptors (Lipinski definition) is 3. The van der Waals surface area contributed by atoms with E-state index in [4.69, 9.17) is 21.4 Å². The standard InChI is InChI=1S/C10H11ClO3/c11-9-3-2-8(7-13)10(6-9)14-5-1-4-12/h2-3,6-7,12H,1,4-5H2. The Bertz CT molecular complexity index is 312. The normalized spacial score (nSPS) is 9.86. The Morgan fingerprint density at radius 1 is 1.50 bits per heavy atom. The molecule has 0 atom stereocenters. The van der Waals surface area contributed by atoms with Crippen LogP contribution in [0.15, 0.2) is 18.2 Å². The summed E-state index contributed by atoms with van der Waals surface area (Å²) in [6, 6.07) is 4.82. The number of ether oxygens (including phenoxy) is 1. The Balaban J connectivity index is 2.72. The average Bonchev–Trinajstić information content (AvgIpc) is 2.19. The van der Waals surface area contributed by atoms with E-state index in [0.29, 0.717) is 35.6 Å². The first-order valence-electron chi connectivity index (χ1n) is 4.26. The number of carbonyl (C=O) groups is 1. The summed E-state index contributed by atoms with van der Waals surface area (Å²) >= 11 is 5.74. The van der Waals surface area contributed by atoms with Crippen LogP contribution in [0.1, 0.15) is 16.8 Å². The van der Waals surface area contributed by atoms with Gasteiger partial charge >= 0.3 is 0 Å². The molecule has 0 heterocycles. The van der Waals surface area contributed by atoms with Crippen molar-refractivity contribution in [3.05, 3.63) is 28.8 Å². The highest BCUT2D eigenvalue weighted by Gasteiger charge is 2.03. The van der Waals surface area contributed by atoms with E-state index in [0.717, 1.165) is 0 Å². The van der Waals surface area contributed by atoms with Gasteiger partial charge in [0, 0.05) is 18.1 Å². The molecule has 1 N–H and O–H groups in total. The van der Waals surface area contributed by atoms with Crippen molar-refractivity contribution in [2.45, 2.75) is 6.42 Å². The van der Waals surface area contributed by atoms with Crippen molar-refractivity contribution >= 4 is 17.9 Å². The van der Waals surface area contributed by atoms with Gasteiger partial charge in [-0.3, -0.25) is 4.79 Å². The third kappa shape index (κ3) is 3.01. The molecular weight excluding hydrogens is 204 g/mol. The molecule has 1 aromatic rings. The fourth-order valence-corrected chi connectivity index (χ4v) is 1.14. The Hall–Kier alpha value is -1.06. The van der Waals surface area contributed by atoms with Gasteiger partial charge < -0.3 is 9.84 Å². The van der Waals surface area contributed by atoms with Crippen molar-refractivity contribution in [1.82, 2.24) is 0 Å². The number of hydrogen-bond donors (Lipinski definition) is 1. The average molecular weight is 215 g/mol. The minimum Gasteiger partial charge on any atom is -0.493 e. The van der Waals surface area contributed by atoms with Gasteiger partial charge in [0.1, 0.15) is 5.75 Å². The minimum absolute atomic E-state index is 0.0665. The molecule has 0 unspecified atom stereocenters. The quantitative estimate of drug-likeness (QED) is 0.602. The molecular formula is C10H11ClO3. The monoisotopic (exact) mass is 214 g/mol. The van der Waals surface area contributed by atoms with Crippen LogP contribution in [0.3, 0.4) is 0 Å². The second-order valence-electron chi connectivity index (χ2n) is 2.73. The maximum Gasteiger partial charge on any atom is 0.153 e. The number of rotatable bonds is 5. The van der Waals surface area contributed by atoms with Crippen LogP contribution in [0.5, 0.6) is 5.75 Å². The lowest BCUT2D eigenvalue weighted by Crippen LogP contribution is -2.01. The number of aliphatic hydroxyl groups is 1. The van der Waals surface area contributed by atoms with Crippen LogP contribution in [-0.2, 0) is 0 Å². The van der Waals surface area contributed by atoms with E-state index in [1.54, 1.807) is 18.2 Å². The maximum absolute atomic E-state index is 10.6. The highest BCUT2D eigenvalue weighted by Crippen LogP contribution is 2.21. The molecule has 1 rings (SSSR count). The third-order valence-corrected chi connectivity index (χ3v) is 1.90. The van der Waals surface area contributed by atoms with Crippen molar-refractivity contribution in [2.75, 3.05) is 13.2 Å². The number of carbonyl (C=O) groups excluding carboxylic acids is 1. The van der Waals surface area contributed by atoms with Gasteiger partial charge in [0.05, 0.1) is 12.2 Å². The van der Waals surface area contributed by atoms with Gasteiger partial charge in [-0.15, -0.1) is 0 Å². The lowest BCUT2D eigenvalue weighted by Gasteiger charge is -2.07. The van der Waals surface area contributed by atoms with E-state index < -0.39 is 0 Å². The number of benzene rings is 1. The number of aldehydes is 1. The van der Waals surface area contributed by atoms with Gasteiger partial charge in [-0.25, -0.2) is 0 Å². The SMILES string of the molecule is O=Cc1ccc(Cl)cc1OCCCO. The van der Waals surface area contributed by atoms with Crippen molar-refractivity contribution < 1.29 is 14.6 Å². The van der Waals surface area contributed by atoms with Crippen LogP contribution >= 0.6 is 11.6 Å². The van der Waals surface area contributed by atoms with Crippen LogP contribution in [0.4, 0.5) is 0 Å². The summed E-state index contributed by atoms with van der Waals surface area (Å²) in [6.07, 6.45) is 1.25. The molecule has 76 valence electrons. The molecule has 0 bridgehead atoms. The van der Waals surface area contributed by atoms with E-state index in [2.05, 4.69) is 0 Å². The third-order valence-electron chi connectivity index (χ3n) is 1.66. The van der Waals surface area contributed by atoms with Crippen LogP contribution < -0.4 is 4.74 Å². The highest BCUT2D eigenvalue weighted by atomic mass is 35.5. The molecule has 3 nitrogen and oxygen atoms in total. The molecule has 0 aliphatic carbocycles. The predicted octanol–water partition coefficient (Wildman–Crippen LogP) is 1.91. The van der Waals surface area contributed by atoms with Gasteiger partial charge in [-0.2, -0.15) is 0 Å². The molecule has 0 radical (unpaired) electrons. The lowest BCUT2D eigenvalue weighted by molar-refractivity contribution is 0.111. The first-order valence-corrected chi connectivity index (χ1v) is 4.64. The van der Waals surface area contributed by atoms with Crippen molar-refractivity contribution in [1.29, 1.82) is 0 Å². The lowest BCUT2D eigenvalue weighted by atomic mass is 10.2. The second-order valence-corrected chi connectivity index (χ2v) is 3.16. The van der Waals surface area contributed by atoms with Crippen LogP contribution in [0, 0.1) is 0 Å². The zero-order valence-corrected chi connectivity index (χ0v) is 8.33. The highest BCUT2D eigenvalue weighted by molar-refractivity contribution is 6.30. The Morgan fingerprint density at radius 3 is 2.93 bits per heavy atom. The number of aliphatic hydroxyl groups excluding tert-OH is 1. The van der Waals surface area contributed by atoms with E-state index in [1.807, 2.05) is 0 Å². The smallest absolute Gasteiger partial charge is 0.153 e. The Labute approximate surface area is 87.3 Å². The summed E-state index contributed by atoms with van der Waals surface area (Å²) in [5.41, 5.74) is 0.465. The molecule has 0 saturated heterocycles. The zero-order valence-electron chi connectivity index (χ0n) is 7.57. The molecule has 0 aliphatic rings. The first-order chi connectivity index (χ1) is 6.77. The van der Waals surface area contributed by atoms with Crippen LogP contribution in [0.2, 0.25) is 5.02 Å². The molecule has 0 aromatic heterocycles. The Morgan fingerprint density at radius 2 is 2.29 bits per heavy atom. The van der Waals surface area contributed by atoms with Crippen LogP contribution in [0.25, 0.3) is 0 Å². The van der Waals surface area contributed by atoms with Gasteiger partial charge in [-0.1, -0.05) is 11.6 Å². The molecule has 1 aromatic carbocycles. The maximum atomic E-state index is 10.6. The summed E-state index contributed by atoms with van der Waals surface area (Å²) in [6.45, 7) is 0.439. The summed E-state index contributed by atoms with van der Waals surface area (Å²) < 4.78 is 5.27. The summed E-state index contributed by atoms with van der Waals surface area (Å²) in [4.78, 5) is 10.6. The summed E-state index contributed by atoms with van der Waals surface area (Å²) in [5.74, 6) is 0.459. The molecule has 4 heteroatoms. The van der Waals surface area contributed by atoms with Gasteiger partial charge in [0.2, 0.25) is 0 Å². The van der Waals surface area contributed by atoms with Crippen LogP contribution in [-0.4, -0.2) is 24.6 Å². The molecule has 0 amide bonds. The fourth-order valence-electron chi connectivity index (χ4n) is 0.977. The van der Waals surface area contributed by atoms with Crippen molar-refractivity contribution in [3.8, 4) is 5.75 Å².